The van der Waals surface area contributed by atoms with Crippen LogP contribution in [0.5, 0.6) is 23.0 Å². The molecule has 6 rings (SSSR count). The predicted molar refractivity (Wildman–Crippen MR) is 317 cm³/mol. The van der Waals surface area contributed by atoms with Gasteiger partial charge >= 0.3 is 59.7 Å². The fraction of sp³-hybridized carbons (Fsp3) is 0.446. The number of carbonyl (C=O) groups excluding carboxylic acids is 10. The number of ether oxygens (including phenoxy) is 11. The highest BCUT2D eigenvalue weighted by molar-refractivity contribution is 8.03. The zero-order chi connectivity index (χ0) is 65.1. The Morgan fingerprint density at radius 2 is 0.900 bits per heavy atom. The molecule has 0 spiro atoms. The van der Waals surface area contributed by atoms with Crippen LogP contribution >= 0.6 is 11.8 Å². The first-order valence-electron chi connectivity index (χ1n) is 29.4. The summed E-state index contributed by atoms with van der Waals surface area (Å²) in [5.41, 5.74) is 1.58. The van der Waals surface area contributed by atoms with Gasteiger partial charge in [-0.3, -0.25) is 38.4 Å². The quantitative estimate of drug-likeness (QED) is 0.0207. The Bertz CT molecular complexity index is 3210. The number of thioether (sulfide) groups is 1. The molecule has 25 heteroatoms. The summed E-state index contributed by atoms with van der Waals surface area (Å²) in [6, 6.07) is 20.0. The van der Waals surface area contributed by atoms with E-state index in [1.54, 1.807) is 69.3 Å². The van der Waals surface area contributed by atoms with Crippen LogP contribution in [0.1, 0.15) is 109 Å². The van der Waals surface area contributed by atoms with Crippen LogP contribution in [0.25, 0.3) is 0 Å². The smallest absolute Gasteiger partial charge is 0.330 e. The molecule has 0 bridgehead atoms. The molecule has 3 aromatic carbocycles. The average Bonchev–Trinajstić information content (AvgIpc) is 1.73. The molecule has 3 unspecified atom stereocenters. The van der Waals surface area contributed by atoms with Gasteiger partial charge in [0.1, 0.15) is 65.0 Å². The Labute approximate surface area is 524 Å². The number of hydrogen-bond donors (Lipinski definition) is 1. The summed E-state index contributed by atoms with van der Waals surface area (Å²) in [5, 5.41) is 22.5. The van der Waals surface area contributed by atoms with Gasteiger partial charge in [0, 0.05) is 25.0 Å². The van der Waals surface area contributed by atoms with Crippen molar-refractivity contribution in [3.63, 3.8) is 0 Å². The van der Waals surface area contributed by atoms with E-state index in [0.29, 0.717) is 80.6 Å². The first-order chi connectivity index (χ1) is 43.2. The van der Waals surface area contributed by atoms with Crippen molar-refractivity contribution in [2.75, 3.05) is 38.4 Å². The molecule has 90 heavy (non-hydrogen) atoms. The van der Waals surface area contributed by atoms with Crippen LogP contribution < -0.4 is 24.3 Å². The molecule has 0 aromatic heterocycles. The molecule has 2 saturated carbocycles. The van der Waals surface area contributed by atoms with Crippen molar-refractivity contribution in [1.29, 1.82) is 10.5 Å². The Hall–Kier alpha value is -9.33. The van der Waals surface area contributed by atoms with Gasteiger partial charge in [0.2, 0.25) is 0 Å². The van der Waals surface area contributed by atoms with E-state index < -0.39 is 102 Å². The molecule has 2 fully saturated rings. The van der Waals surface area contributed by atoms with Crippen molar-refractivity contribution in [3.8, 4) is 35.1 Å². The number of rotatable bonds is 31. The summed E-state index contributed by atoms with van der Waals surface area (Å²) in [4.78, 5) is 125. The van der Waals surface area contributed by atoms with Crippen LogP contribution in [0.15, 0.2) is 101 Å². The van der Waals surface area contributed by atoms with Crippen molar-refractivity contribution < 1.29 is 100 Å². The van der Waals surface area contributed by atoms with E-state index in [0.717, 1.165) is 35.0 Å². The number of carbonyl (C=O) groups is 10. The lowest BCUT2D eigenvalue weighted by molar-refractivity contribution is -0.157. The number of nitrogens with zero attached hydrogens (tertiary/aromatic N) is 2. The maximum Gasteiger partial charge on any atom is 0.330 e. The molecule has 1 N–H and O–H groups in total. The first kappa shape index (κ1) is 69.8. The van der Waals surface area contributed by atoms with Gasteiger partial charge in [0.25, 0.3) is 0 Å². The number of allylic oxidation sites excluding steroid dienone is 1. The monoisotopic (exact) mass is 1260 g/mol. The topological polar surface area (TPSA) is 332 Å². The first-order valence-corrected chi connectivity index (χ1v) is 30.2. The van der Waals surface area contributed by atoms with Gasteiger partial charge in [-0.05, 0) is 120 Å². The lowest BCUT2D eigenvalue weighted by atomic mass is 9.82. The van der Waals surface area contributed by atoms with Gasteiger partial charge in [-0.2, -0.15) is 10.5 Å². The Balaban J connectivity index is 0.885. The zero-order valence-corrected chi connectivity index (χ0v) is 51.0. The average molecular weight is 1260 g/mol. The molecule has 3 aliphatic rings. The normalized spacial score (nSPS) is 17.4. The zero-order valence-electron chi connectivity index (χ0n) is 50.2. The van der Waals surface area contributed by atoms with E-state index >= 15 is 0 Å². The molecule has 0 amide bonds. The number of hydrogen-bond acceptors (Lipinski definition) is 25. The Kier molecular flexibility index (Phi) is 27.6. The van der Waals surface area contributed by atoms with Crippen LogP contribution in [-0.2, 0) is 93.9 Å². The third kappa shape index (κ3) is 22.7. The summed E-state index contributed by atoms with van der Waals surface area (Å²) in [6.07, 6.45) is 2.87. The second kappa shape index (κ2) is 35.6. The maximum atomic E-state index is 13.7. The number of fused-ring (bicyclic) bond motifs is 1. The van der Waals surface area contributed by atoms with E-state index in [-0.39, 0.29) is 86.5 Å². The standard InChI is InChI=1S/C65H71N3O21S/c1-6-53(69)82-38-41(5)85-58(74)29-27-56(72)81-33-31-43-10-22-50(23-11-43)87-63(76)45-14-18-47(19-15-45)65(78)89-52-25-24-51(59-60(52)90-61(68-59)48(34-66)35-67)88-64(77)46-16-12-44(13-17-46)62(75)86-49-20-8-42(9-21-49)30-32-80-55(71)26-28-57(73)84-40(4)37-79-36-39(3)83-54(70)7-2/h6-11,20-25,39-41,44-47,68H,1-2,12-19,26-33,36-38H2,3-5H3. The van der Waals surface area contributed by atoms with Gasteiger partial charge in [0.15, 0.2) is 11.3 Å². The summed E-state index contributed by atoms with van der Waals surface area (Å²) in [6.45, 7) is 11.5. The van der Waals surface area contributed by atoms with Gasteiger partial charge in [-0.15, -0.1) is 0 Å². The second-order valence-corrected chi connectivity index (χ2v) is 22.4. The minimum Gasteiger partial charge on any atom is -0.465 e. The number of esters is 10. The number of benzene rings is 3. The molecule has 0 saturated heterocycles. The second-order valence-electron chi connectivity index (χ2n) is 21.4. The van der Waals surface area contributed by atoms with Crippen molar-refractivity contribution in [1.82, 2.24) is 0 Å². The largest absolute Gasteiger partial charge is 0.465 e. The molecule has 1 heterocycles. The van der Waals surface area contributed by atoms with E-state index in [1.807, 2.05) is 12.1 Å². The summed E-state index contributed by atoms with van der Waals surface area (Å²) < 4.78 is 59.3. The van der Waals surface area contributed by atoms with Crippen molar-refractivity contribution in [2.45, 2.75) is 134 Å². The molecular formula is C65H71N3O21S. The highest BCUT2D eigenvalue weighted by Crippen LogP contribution is 2.52. The molecular weight excluding hydrogens is 1190 g/mol. The van der Waals surface area contributed by atoms with Gasteiger partial charge in [0.05, 0.1) is 80.7 Å². The third-order valence-corrected chi connectivity index (χ3v) is 15.4. The SMILES string of the molecule is C=CC(=O)OCC(C)OC(=O)CCC(=O)OCCc1ccc(OC(=O)C2CCC(C(=O)Oc3ccc(OC(=O)C4CCC(C(=O)Oc5ccc(CCOC(=O)CCC(=O)OC(C)COCC(C)OC(=O)C=C)cc5)CC4)c4c3SC(=C(C#N)C#N)N4)CC2)cc1. The van der Waals surface area contributed by atoms with Crippen molar-refractivity contribution in [3.05, 3.63) is 108 Å². The number of anilines is 1. The fourth-order valence-electron chi connectivity index (χ4n) is 9.46. The lowest BCUT2D eigenvalue weighted by Crippen LogP contribution is -2.30. The highest BCUT2D eigenvalue weighted by atomic mass is 32.2. The molecule has 2 aliphatic carbocycles. The Morgan fingerprint density at radius 1 is 0.511 bits per heavy atom. The van der Waals surface area contributed by atoms with Gasteiger partial charge < -0.3 is 57.4 Å². The molecule has 3 atom stereocenters. The van der Waals surface area contributed by atoms with E-state index in [2.05, 4.69) is 18.5 Å². The molecule has 0 radical (unpaired) electrons. The number of nitrogens with one attached hydrogen (secondary N) is 1. The predicted octanol–water partition coefficient (Wildman–Crippen LogP) is 8.56. The minimum atomic E-state index is -0.701. The van der Waals surface area contributed by atoms with Crippen LogP contribution in [0, 0.1) is 46.3 Å². The van der Waals surface area contributed by atoms with E-state index in [9.17, 15) is 58.5 Å². The van der Waals surface area contributed by atoms with Gasteiger partial charge in [-0.1, -0.05) is 49.2 Å². The molecule has 3 aromatic rings. The summed E-state index contributed by atoms with van der Waals surface area (Å²) >= 11 is 0.972. The maximum absolute atomic E-state index is 13.7. The highest BCUT2D eigenvalue weighted by Gasteiger charge is 2.37. The van der Waals surface area contributed by atoms with Crippen LogP contribution in [0.2, 0.25) is 0 Å². The van der Waals surface area contributed by atoms with E-state index in [1.165, 1.54) is 12.1 Å². The summed E-state index contributed by atoms with van der Waals surface area (Å²) in [5.74, 6) is -6.97. The van der Waals surface area contributed by atoms with Crippen LogP contribution in [-0.4, -0.2) is 111 Å². The van der Waals surface area contributed by atoms with Gasteiger partial charge in [-0.25, -0.2) is 9.59 Å². The fourth-order valence-corrected chi connectivity index (χ4v) is 10.5. The minimum absolute atomic E-state index is 0.0448. The molecule has 478 valence electrons. The van der Waals surface area contributed by atoms with Crippen molar-refractivity contribution in [2.24, 2.45) is 23.7 Å². The van der Waals surface area contributed by atoms with E-state index in [4.69, 9.17) is 52.1 Å². The van der Waals surface area contributed by atoms with Crippen LogP contribution in [0.3, 0.4) is 0 Å². The number of nitriles is 2. The Morgan fingerprint density at radius 3 is 1.33 bits per heavy atom. The molecule has 24 nitrogen and oxygen atoms in total. The van der Waals surface area contributed by atoms with Crippen LogP contribution in [0.4, 0.5) is 5.69 Å². The summed E-state index contributed by atoms with van der Waals surface area (Å²) in [7, 11) is 0. The third-order valence-electron chi connectivity index (χ3n) is 14.3. The molecule has 1 aliphatic heterocycles. The van der Waals surface area contributed by atoms with Crippen molar-refractivity contribution >= 4 is 77.1 Å². The lowest BCUT2D eigenvalue weighted by Gasteiger charge is -2.26.